The molecule has 1 N–H and O–H groups in total. The average molecular weight is 286 g/mol. The first-order valence-corrected chi connectivity index (χ1v) is 8.59. The maximum Gasteiger partial charge on any atom is 0.150 e. The van der Waals surface area contributed by atoms with Gasteiger partial charge in [0.2, 0.25) is 0 Å². The van der Waals surface area contributed by atoms with Gasteiger partial charge in [0.15, 0.2) is 9.84 Å². The number of hydrogen-bond donors (Lipinski definition) is 1. The maximum atomic E-state index is 11.5. The summed E-state index contributed by atoms with van der Waals surface area (Å²) in [5.41, 5.74) is 0. The lowest BCUT2D eigenvalue weighted by Crippen LogP contribution is -2.34. The normalized spacial score (nSPS) is 23.6. The standard InChI is InChI=1S/C12H22N4O2S/c1-3-13-11(7-12-14-9-15-16(12)2)6-10-4-5-19(17,18)8-10/h9-11,13H,3-8H2,1-2H3. The Morgan fingerprint density at radius 3 is 2.89 bits per heavy atom. The predicted molar refractivity (Wildman–Crippen MR) is 73.5 cm³/mol. The predicted octanol–water partition coefficient (Wildman–Crippen LogP) is 0.161. The minimum Gasteiger partial charge on any atom is -0.314 e. The van der Waals surface area contributed by atoms with Crippen LogP contribution in [0.5, 0.6) is 0 Å². The highest BCUT2D eigenvalue weighted by atomic mass is 32.2. The molecule has 1 aromatic rings. The van der Waals surface area contributed by atoms with Crippen molar-refractivity contribution in [2.75, 3.05) is 18.1 Å². The van der Waals surface area contributed by atoms with E-state index in [2.05, 4.69) is 22.3 Å². The van der Waals surface area contributed by atoms with Crippen LogP contribution in [-0.4, -0.2) is 47.3 Å². The topological polar surface area (TPSA) is 76.9 Å². The number of nitrogens with one attached hydrogen (secondary N) is 1. The molecule has 1 aromatic heterocycles. The van der Waals surface area contributed by atoms with Gasteiger partial charge in [0.25, 0.3) is 0 Å². The van der Waals surface area contributed by atoms with Gasteiger partial charge in [0.05, 0.1) is 11.5 Å². The van der Waals surface area contributed by atoms with Crippen molar-refractivity contribution in [1.29, 1.82) is 0 Å². The van der Waals surface area contributed by atoms with Crippen LogP contribution in [0.25, 0.3) is 0 Å². The third kappa shape index (κ3) is 4.01. The maximum absolute atomic E-state index is 11.5. The lowest BCUT2D eigenvalue weighted by atomic mass is 9.97. The van der Waals surface area contributed by atoms with Gasteiger partial charge in [0, 0.05) is 19.5 Å². The van der Waals surface area contributed by atoms with Gasteiger partial charge >= 0.3 is 0 Å². The van der Waals surface area contributed by atoms with E-state index in [0.29, 0.717) is 11.5 Å². The number of nitrogens with zero attached hydrogens (tertiary/aromatic N) is 3. The van der Waals surface area contributed by atoms with Crippen molar-refractivity contribution < 1.29 is 8.42 Å². The molecular weight excluding hydrogens is 264 g/mol. The van der Waals surface area contributed by atoms with Crippen LogP contribution in [0.3, 0.4) is 0 Å². The van der Waals surface area contributed by atoms with E-state index in [1.54, 1.807) is 11.0 Å². The Kier molecular flexibility index (Phi) is 4.57. The molecule has 2 unspecified atom stereocenters. The number of hydrogen-bond acceptors (Lipinski definition) is 5. The molecule has 108 valence electrons. The average Bonchev–Trinajstić information content (AvgIpc) is 2.86. The fourth-order valence-corrected chi connectivity index (χ4v) is 4.59. The Balaban J connectivity index is 1.95. The Labute approximate surface area is 114 Å². The number of aromatic nitrogens is 3. The van der Waals surface area contributed by atoms with Gasteiger partial charge in [-0.05, 0) is 25.3 Å². The molecule has 2 heterocycles. The lowest BCUT2D eigenvalue weighted by Gasteiger charge is -2.20. The molecule has 0 spiro atoms. The summed E-state index contributed by atoms with van der Waals surface area (Å²) < 4.78 is 24.8. The summed E-state index contributed by atoms with van der Waals surface area (Å²) in [6.45, 7) is 2.94. The summed E-state index contributed by atoms with van der Waals surface area (Å²) >= 11 is 0. The molecule has 1 fully saturated rings. The van der Waals surface area contributed by atoms with E-state index in [1.165, 1.54) is 0 Å². The van der Waals surface area contributed by atoms with Crippen LogP contribution < -0.4 is 5.32 Å². The Hall–Kier alpha value is -0.950. The van der Waals surface area contributed by atoms with E-state index in [4.69, 9.17) is 0 Å². The first-order chi connectivity index (χ1) is 9.00. The highest BCUT2D eigenvalue weighted by Gasteiger charge is 2.29. The Morgan fingerprint density at radius 2 is 2.37 bits per heavy atom. The quantitative estimate of drug-likeness (QED) is 0.806. The van der Waals surface area contributed by atoms with Crippen LogP contribution >= 0.6 is 0 Å². The monoisotopic (exact) mass is 286 g/mol. The van der Waals surface area contributed by atoms with Gasteiger partial charge in [0.1, 0.15) is 12.2 Å². The Bertz CT molecular complexity index is 512. The molecule has 0 aromatic carbocycles. The second kappa shape index (κ2) is 6.00. The van der Waals surface area contributed by atoms with Crippen LogP contribution in [0.1, 0.15) is 25.6 Å². The van der Waals surface area contributed by atoms with Crippen molar-refractivity contribution in [2.24, 2.45) is 13.0 Å². The number of likely N-dealkylation sites (N-methyl/N-ethyl adjacent to an activating group) is 1. The molecule has 2 atom stereocenters. The van der Waals surface area contributed by atoms with E-state index in [1.807, 2.05) is 7.05 Å². The smallest absolute Gasteiger partial charge is 0.150 e. The zero-order valence-corrected chi connectivity index (χ0v) is 12.4. The van der Waals surface area contributed by atoms with Crippen LogP contribution in [-0.2, 0) is 23.3 Å². The van der Waals surface area contributed by atoms with Gasteiger partial charge in [-0.1, -0.05) is 6.92 Å². The van der Waals surface area contributed by atoms with Crippen molar-refractivity contribution in [1.82, 2.24) is 20.1 Å². The molecule has 0 amide bonds. The fraction of sp³-hybridized carbons (Fsp3) is 0.833. The van der Waals surface area contributed by atoms with E-state index in [9.17, 15) is 8.42 Å². The first kappa shape index (κ1) is 14.5. The molecule has 1 aliphatic rings. The van der Waals surface area contributed by atoms with Crippen molar-refractivity contribution >= 4 is 9.84 Å². The fourth-order valence-electron chi connectivity index (χ4n) is 2.71. The van der Waals surface area contributed by atoms with Crippen molar-refractivity contribution in [3.05, 3.63) is 12.2 Å². The van der Waals surface area contributed by atoms with E-state index >= 15 is 0 Å². The molecule has 0 radical (unpaired) electrons. The number of sulfone groups is 1. The molecule has 1 saturated heterocycles. The van der Waals surface area contributed by atoms with Gasteiger partial charge in [-0.3, -0.25) is 4.68 Å². The second-order valence-electron chi connectivity index (χ2n) is 5.26. The minimum absolute atomic E-state index is 0.270. The van der Waals surface area contributed by atoms with Crippen LogP contribution in [0.4, 0.5) is 0 Å². The molecule has 0 aliphatic carbocycles. The minimum atomic E-state index is -2.79. The number of aryl methyl sites for hydroxylation is 1. The molecule has 7 heteroatoms. The largest absolute Gasteiger partial charge is 0.314 e. The van der Waals surface area contributed by atoms with E-state index in [-0.39, 0.29) is 12.0 Å². The van der Waals surface area contributed by atoms with Gasteiger partial charge in [-0.2, -0.15) is 5.10 Å². The highest BCUT2D eigenvalue weighted by molar-refractivity contribution is 7.91. The first-order valence-electron chi connectivity index (χ1n) is 6.77. The molecular formula is C12H22N4O2S. The number of rotatable bonds is 6. The lowest BCUT2D eigenvalue weighted by molar-refractivity contribution is 0.400. The van der Waals surface area contributed by atoms with E-state index in [0.717, 1.165) is 31.6 Å². The summed E-state index contributed by atoms with van der Waals surface area (Å²) in [6, 6.07) is 0.270. The summed E-state index contributed by atoms with van der Waals surface area (Å²) in [4.78, 5) is 4.23. The van der Waals surface area contributed by atoms with Gasteiger partial charge in [-0.15, -0.1) is 0 Å². The molecule has 6 nitrogen and oxygen atoms in total. The zero-order valence-electron chi connectivity index (χ0n) is 11.5. The summed E-state index contributed by atoms with van der Waals surface area (Å²) in [5, 5.41) is 7.49. The molecule has 0 bridgehead atoms. The van der Waals surface area contributed by atoms with Gasteiger partial charge in [-0.25, -0.2) is 13.4 Å². The second-order valence-corrected chi connectivity index (χ2v) is 7.49. The summed E-state index contributed by atoms with van der Waals surface area (Å²) in [5.74, 6) is 1.91. The van der Waals surface area contributed by atoms with Crippen molar-refractivity contribution in [3.8, 4) is 0 Å². The van der Waals surface area contributed by atoms with E-state index < -0.39 is 9.84 Å². The summed E-state index contributed by atoms with van der Waals surface area (Å²) in [7, 11) is -0.907. The molecule has 1 aliphatic heterocycles. The van der Waals surface area contributed by atoms with Crippen LogP contribution in [0.15, 0.2) is 6.33 Å². The zero-order chi connectivity index (χ0) is 13.9. The molecule has 0 saturated carbocycles. The summed E-state index contributed by atoms with van der Waals surface area (Å²) in [6.07, 6.45) is 4.03. The van der Waals surface area contributed by atoms with Gasteiger partial charge < -0.3 is 5.32 Å². The Morgan fingerprint density at radius 1 is 1.58 bits per heavy atom. The SMILES string of the molecule is CCNC(Cc1ncnn1C)CC1CCS(=O)(=O)C1. The molecule has 19 heavy (non-hydrogen) atoms. The third-order valence-corrected chi connectivity index (χ3v) is 5.51. The highest BCUT2D eigenvalue weighted by Crippen LogP contribution is 2.23. The van der Waals surface area contributed by atoms with Crippen molar-refractivity contribution in [2.45, 2.75) is 32.2 Å². The van der Waals surface area contributed by atoms with Crippen molar-refractivity contribution in [3.63, 3.8) is 0 Å². The van der Waals surface area contributed by atoms with Crippen LogP contribution in [0.2, 0.25) is 0 Å². The van der Waals surface area contributed by atoms with Crippen LogP contribution in [0, 0.1) is 5.92 Å². The molecule has 2 rings (SSSR count). The third-order valence-electron chi connectivity index (χ3n) is 3.67.